The molecule has 0 saturated heterocycles. The third-order valence-corrected chi connectivity index (χ3v) is 4.48. The number of sulfonamides is 1. The molecule has 0 aromatic heterocycles. The van der Waals surface area contributed by atoms with Crippen molar-refractivity contribution in [3.63, 3.8) is 0 Å². The molecule has 120 valence electrons. The van der Waals surface area contributed by atoms with E-state index in [0.29, 0.717) is 0 Å². The Morgan fingerprint density at radius 1 is 1.22 bits per heavy atom. The van der Waals surface area contributed by atoms with Gasteiger partial charge in [0.15, 0.2) is 0 Å². The topological polar surface area (TPSA) is 127 Å². The molecule has 0 aliphatic heterocycles. The highest BCUT2D eigenvalue weighted by Gasteiger charge is 2.19. The van der Waals surface area contributed by atoms with E-state index in [2.05, 4.69) is 4.72 Å². The van der Waals surface area contributed by atoms with E-state index in [4.69, 9.17) is 16.7 Å². The summed E-state index contributed by atoms with van der Waals surface area (Å²) < 4.78 is 26.6. The van der Waals surface area contributed by atoms with Gasteiger partial charge in [0.05, 0.1) is 21.1 Å². The molecule has 23 heavy (non-hydrogen) atoms. The van der Waals surface area contributed by atoms with Crippen molar-refractivity contribution in [3.8, 4) is 0 Å². The highest BCUT2D eigenvalue weighted by atomic mass is 35.5. The lowest BCUT2D eigenvalue weighted by atomic mass is 10.2. The van der Waals surface area contributed by atoms with E-state index < -0.39 is 26.6 Å². The van der Waals surface area contributed by atoms with Gasteiger partial charge in [-0.3, -0.25) is 14.8 Å². The summed E-state index contributed by atoms with van der Waals surface area (Å²) in [5.41, 5.74) is -0.719. The number of benzene rings is 2. The molecular formula is C13H9ClN2O6S. The number of rotatable bonds is 5. The highest BCUT2D eigenvalue weighted by Crippen LogP contribution is 2.28. The molecule has 2 aromatic rings. The summed E-state index contributed by atoms with van der Waals surface area (Å²) in [6, 6.07) is 8.13. The molecule has 0 atom stereocenters. The zero-order valence-corrected chi connectivity index (χ0v) is 12.8. The maximum Gasteiger partial charge on any atom is 0.335 e. The zero-order valence-electron chi connectivity index (χ0n) is 11.3. The molecule has 0 spiro atoms. The van der Waals surface area contributed by atoms with Crippen molar-refractivity contribution < 1.29 is 23.2 Å². The van der Waals surface area contributed by atoms with E-state index >= 15 is 0 Å². The number of aromatic carboxylic acids is 1. The van der Waals surface area contributed by atoms with Crippen LogP contribution in [0.15, 0.2) is 47.4 Å². The molecule has 0 heterocycles. The van der Waals surface area contributed by atoms with Gasteiger partial charge in [-0.15, -0.1) is 0 Å². The molecule has 2 N–H and O–H groups in total. The second kappa shape index (κ2) is 6.23. The molecular weight excluding hydrogens is 348 g/mol. The number of hydrogen-bond acceptors (Lipinski definition) is 5. The standard InChI is InChI=1S/C13H9ClN2O6S/c14-11-5-4-9(7-12(11)16(19)20)15-23(21,22)10-3-1-2-8(6-10)13(17)18/h1-7,15H,(H,17,18). The lowest BCUT2D eigenvalue weighted by molar-refractivity contribution is -0.384. The maximum atomic E-state index is 12.2. The van der Waals surface area contributed by atoms with Crippen molar-refractivity contribution in [1.29, 1.82) is 0 Å². The monoisotopic (exact) mass is 356 g/mol. The first-order valence-corrected chi connectivity index (χ1v) is 7.87. The van der Waals surface area contributed by atoms with Crippen LogP contribution in [0, 0.1) is 10.1 Å². The van der Waals surface area contributed by atoms with E-state index in [9.17, 15) is 23.3 Å². The first-order chi connectivity index (χ1) is 10.7. The summed E-state index contributed by atoms with van der Waals surface area (Å²) in [5.74, 6) is -1.27. The summed E-state index contributed by atoms with van der Waals surface area (Å²) in [7, 11) is -4.10. The van der Waals surface area contributed by atoms with Crippen molar-refractivity contribution in [3.05, 3.63) is 63.2 Å². The van der Waals surface area contributed by atoms with Gasteiger partial charge in [-0.25, -0.2) is 13.2 Å². The fourth-order valence-corrected chi connectivity index (χ4v) is 3.01. The SMILES string of the molecule is O=C(O)c1cccc(S(=O)(=O)Nc2ccc(Cl)c([N+](=O)[O-])c2)c1. The number of carbonyl (C=O) groups is 1. The smallest absolute Gasteiger partial charge is 0.335 e. The third-order valence-electron chi connectivity index (χ3n) is 2.79. The lowest BCUT2D eigenvalue weighted by Crippen LogP contribution is -2.14. The Kier molecular flexibility index (Phi) is 4.52. The van der Waals surface area contributed by atoms with Crippen molar-refractivity contribution in [2.45, 2.75) is 4.90 Å². The first kappa shape index (κ1) is 16.7. The van der Waals surface area contributed by atoms with E-state index in [1.807, 2.05) is 0 Å². The molecule has 0 bridgehead atoms. The van der Waals surface area contributed by atoms with E-state index in [-0.39, 0.29) is 21.2 Å². The second-order valence-electron chi connectivity index (χ2n) is 4.36. The minimum Gasteiger partial charge on any atom is -0.478 e. The third kappa shape index (κ3) is 3.76. The molecule has 0 aliphatic rings. The first-order valence-electron chi connectivity index (χ1n) is 6.01. The lowest BCUT2D eigenvalue weighted by Gasteiger charge is -2.09. The van der Waals surface area contributed by atoms with E-state index in [1.54, 1.807) is 0 Å². The zero-order chi connectivity index (χ0) is 17.2. The molecule has 0 saturated carbocycles. The molecule has 8 nitrogen and oxygen atoms in total. The maximum absolute atomic E-state index is 12.2. The summed E-state index contributed by atoms with van der Waals surface area (Å²) in [6.45, 7) is 0. The van der Waals surface area contributed by atoms with Gasteiger partial charge in [-0.1, -0.05) is 17.7 Å². The van der Waals surface area contributed by atoms with Crippen LogP contribution < -0.4 is 4.72 Å². The Balaban J connectivity index is 2.39. The minimum atomic E-state index is -4.10. The van der Waals surface area contributed by atoms with Gasteiger partial charge in [0.2, 0.25) is 0 Å². The number of halogens is 1. The number of carboxylic acids is 1. The average Bonchev–Trinajstić information content (AvgIpc) is 2.49. The van der Waals surface area contributed by atoms with E-state index in [1.165, 1.54) is 30.3 Å². The van der Waals surface area contributed by atoms with E-state index in [0.717, 1.165) is 12.1 Å². The molecule has 0 aliphatic carbocycles. The van der Waals surface area contributed by atoms with Crippen LogP contribution in [0.4, 0.5) is 11.4 Å². The second-order valence-corrected chi connectivity index (χ2v) is 6.45. The van der Waals surface area contributed by atoms with Crippen LogP contribution in [0.5, 0.6) is 0 Å². The summed E-state index contributed by atoms with van der Waals surface area (Å²) in [5, 5.41) is 19.6. The van der Waals surface area contributed by atoms with Gasteiger partial charge >= 0.3 is 5.97 Å². The Bertz CT molecular complexity index is 897. The average molecular weight is 357 g/mol. The van der Waals surface area contributed by atoms with Gasteiger partial charge < -0.3 is 5.11 Å². The Labute approximate surface area is 135 Å². The minimum absolute atomic E-state index is 0.0678. The fraction of sp³-hybridized carbons (Fsp3) is 0. The molecule has 0 fully saturated rings. The van der Waals surface area contributed by atoms with Gasteiger partial charge in [-0.2, -0.15) is 0 Å². The molecule has 0 unspecified atom stereocenters. The largest absolute Gasteiger partial charge is 0.478 e. The van der Waals surface area contributed by atoms with Crippen LogP contribution in [0.3, 0.4) is 0 Å². The van der Waals surface area contributed by atoms with Crippen molar-refractivity contribution in [2.24, 2.45) is 0 Å². The van der Waals surface area contributed by atoms with Crippen molar-refractivity contribution >= 4 is 39.0 Å². The summed E-state index contributed by atoms with van der Waals surface area (Å²) in [4.78, 5) is 20.7. The number of carboxylic acid groups (broad SMARTS) is 1. The fourth-order valence-electron chi connectivity index (χ4n) is 1.73. The number of nitrogens with zero attached hydrogens (tertiary/aromatic N) is 1. The van der Waals surface area contributed by atoms with Crippen molar-refractivity contribution in [1.82, 2.24) is 0 Å². The van der Waals surface area contributed by atoms with Crippen LogP contribution in [-0.4, -0.2) is 24.4 Å². The molecule has 2 rings (SSSR count). The number of anilines is 1. The number of hydrogen-bond donors (Lipinski definition) is 2. The van der Waals surface area contributed by atoms with Gasteiger partial charge in [0.25, 0.3) is 15.7 Å². The summed E-state index contributed by atoms with van der Waals surface area (Å²) in [6.07, 6.45) is 0. The van der Waals surface area contributed by atoms with Crippen LogP contribution in [0.1, 0.15) is 10.4 Å². The quantitative estimate of drug-likeness (QED) is 0.626. The molecule has 10 heteroatoms. The van der Waals surface area contributed by atoms with Crippen LogP contribution in [-0.2, 0) is 10.0 Å². The number of nitrogens with one attached hydrogen (secondary N) is 1. The molecule has 0 radical (unpaired) electrons. The predicted molar refractivity (Wildman–Crippen MR) is 82.3 cm³/mol. The van der Waals surface area contributed by atoms with Gasteiger partial charge in [0, 0.05) is 6.07 Å². The summed E-state index contributed by atoms with van der Waals surface area (Å²) >= 11 is 5.65. The van der Waals surface area contributed by atoms with Gasteiger partial charge in [-0.05, 0) is 30.3 Å². The Hall–Kier alpha value is -2.65. The number of nitro groups is 1. The van der Waals surface area contributed by atoms with Crippen LogP contribution in [0.2, 0.25) is 5.02 Å². The highest BCUT2D eigenvalue weighted by molar-refractivity contribution is 7.92. The normalized spacial score (nSPS) is 11.0. The van der Waals surface area contributed by atoms with Crippen LogP contribution >= 0.6 is 11.6 Å². The Morgan fingerprint density at radius 3 is 2.52 bits per heavy atom. The molecule has 2 aromatic carbocycles. The Morgan fingerprint density at radius 2 is 1.91 bits per heavy atom. The van der Waals surface area contributed by atoms with Crippen molar-refractivity contribution in [2.75, 3.05) is 4.72 Å². The number of nitro benzene ring substituents is 1. The molecule has 0 amide bonds. The predicted octanol–water partition coefficient (Wildman–Crippen LogP) is 2.75. The van der Waals surface area contributed by atoms with Crippen LogP contribution in [0.25, 0.3) is 0 Å². The van der Waals surface area contributed by atoms with Gasteiger partial charge in [0.1, 0.15) is 5.02 Å².